The Morgan fingerprint density at radius 3 is 2.70 bits per heavy atom. The van der Waals surface area contributed by atoms with Crippen molar-refractivity contribution in [3.63, 3.8) is 0 Å². The third-order valence-electron chi connectivity index (χ3n) is 6.17. The molecule has 1 aliphatic heterocycles. The van der Waals surface area contributed by atoms with Gasteiger partial charge in [-0.05, 0) is 25.0 Å². The average molecular weight is 413 g/mol. The number of nitrogens with zero attached hydrogens (tertiary/aromatic N) is 4. The molecule has 0 unspecified atom stereocenters. The van der Waals surface area contributed by atoms with Crippen LogP contribution >= 0.6 is 0 Å². The second kappa shape index (κ2) is 8.93. The van der Waals surface area contributed by atoms with E-state index >= 15 is 0 Å². The van der Waals surface area contributed by atoms with Gasteiger partial charge in [0.25, 0.3) is 11.6 Å². The van der Waals surface area contributed by atoms with Gasteiger partial charge >= 0.3 is 0 Å². The van der Waals surface area contributed by atoms with Crippen LogP contribution in [0.2, 0.25) is 0 Å². The number of hydrogen-bond acceptors (Lipinski definition) is 6. The maximum absolute atomic E-state index is 12.8. The fourth-order valence-corrected chi connectivity index (χ4v) is 4.53. The van der Waals surface area contributed by atoms with Crippen LogP contribution in [0.1, 0.15) is 42.6 Å². The molecule has 9 heteroatoms. The molecule has 2 aromatic rings. The van der Waals surface area contributed by atoms with Crippen molar-refractivity contribution in [1.29, 1.82) is 0 Å². The van der Waals surface area contributed by atoms with Crippen molar-refractivity contribution in [2.75, 3.05) is 32.8 Å². The summed E-state index contributed by atoms with van der Waals surface area (Å²) in [5.41, 5.74) is 0.814. The standard InChI is InChI=1S/C21H27N5O4/c27-20(19-7-10-25(23-19)17-5-4-6-18(15-17)26(28)29)22-16-21(8-2-1-3-9-21)24-11-13-30-14-12-24/h4-7,10,15H,1-3,8-9,11-14,16H2,(H,22,27). The first-order chi connectivity index (χ1) is 14.6. The van der Waals surface area contributed by atoms with E-state index in [1.54, 1.807) is 24.4 Å². The second-order valence-corrected chi connectivity index (χ2v) is 7.99. The number of nitro benzene ring substituents is 1. The van der Waals surface area contributed by atoms with E-state index in [4.69, 9.17) is 4.74 Å². The smallest absolute Gasteiger partial charge is 0.271 e. The second-order valence-electron chi connectivity index (χ2n) is 7.99. The van der Waals surface area contributed by atoms with E-state index in [2.05, 4.69) is 15.3 Å². The molecule has 0 spiro atoms. The Morgan fingerprint density at radius 1 is 1.20 bits per heavy atom. The summed E-state index contributed by atoms with van der Waals surface area (Å²) in [6.45, 7) is 3.87. The molecular formula is C21H27N5O4. The maximum atomic E-state index is 12.8. The quantitative estimate of drug-likeness (QED) is 0.577. The average Bonchev–Trinajstić information content (AvgIpc) is 3.29. The van der Waals surface area contributed by atoms with Crippen LogP contribution in [0.4, 0.5) is 5.69 Å². The summed E-state index contributed by atoms with van der Waals surface area (Å²) in [7, 11) is 0. The fourth-order valence-electron chi connectivity index (χ4n) is 4.53. The number of benzene rings is 1. The van der Waals surface area contributed by atoms with Crippen molar-refractivity contribution in [2.45, 2.75) is 37.6 Å². The summed E-state index contributed by atoms with van der Waals surface area (Å²) in [4.78, 5) is 25.8. The van der Waals surface area contributed by atoms with E-state index in [0.29, 0.717) is 17.9 Å². The lowest BCUT2D eigenvalue weighted by atomic mass is 9.79. The zero-order valence-electron chi connectivity index (χ0n) is 17.0. The maximum Gasteiger partial charge on any atom is 0.271 e. The molecular weight excluding hydrogens is 386 g/mol. The molecule has 1 aromatic carbocycles. The zero-order valence-corrected chi connectivity index (χ0v) is 17.0. The van der Waals surface area contributed by atoms with Gasteiger partial charge in [-0.15, -0.1) is 0 Å². The summed E-state index contributed by atoms with van der Waals surface area (Å²) in [5.74, 6) is -0.225. The number of hydrogen-bond donors (Lipinski definition) is 1. The minimum atomic E-state index is -0.449. The lowest BCUT2D eigenvalue weighted by Crippen LogP contribution is -2.59. The minimum absolute atomic E-state index is 0.0136. The van der Waals surface area contributed by atoms with Crippen LogP contribution in [-0.2, 0) is 4.74 Å². The monoisotopic (exact) mass is 413 g/mol. The van der Waals surface area contributed by atoms with Gasteiger partial charge in [0.15, 0.2) is 5.69 Å². The van der Waals surface area contributed by atoms with Gasteiger partial charge in [-0.1, -0.05) is 25.3 Å². The lowest BCUT2D eigenvalue weighted by Gasteiger charge is -2.48. The Labute approximate surface area is 175 Å². The van der Waals surface area contributed by atoms with Crippen molar-refractivity contribution in [3.8, 4) is 5.69 Å². The number of carbonyl (C=O) groups excluding carboxylic acids is 1. The first-order valence-electron chi connectivity index (χ1n) is 10.5. The molecule has 1 N–H and O–H groups in total. The summed E-state index contributed by atoms with van der Waals surface area (Å²) in [6, 6.07) is 7.82. The number of nitrogens with one attached hydrogen (secondary N) is 1. The summed E-state index contributed by atoms with van der Waals surface area (Å²) in [5, 5.41) is 18.4. The molecule has 1 saturated carbocycles. The third-order valence-corrected chi connectivity index (χ3v) is 6.17. The Hall–Kier alpha value is -2.78. The van der Waals surface area contributed by atoms with E-state index in [-0.39, 0.29) is 17.1 Å². The highest BCUT2D eigenvalue weighted by Crippen LogP contribution is 2.34. The molecule has 1 saturated heterocycles. The lowest BCUT2D eigenvalue weighted by molar-refractivity contribution is -0.384. The van der Waals surface area contributed by atoms with Crippen LogP contribution in [0, 0.1) is 10.1 Å². The number of morpholine rings is 1. The molecule has 0 radical (unpaired) electrons. The molecule has 4 rings (SSSR count). The van der Waals surface area contributed by atoms with E-state index in [0.717, 1.165) is 39.1 Å². The van der Waals surface area contributed by atoms with Gasteiger partial charge in [0.1, 0.15) is 0 Å². The van der Waals surface area contributed by atoms with E-state index < -0.39 is 4.92 Å². The first-order valence-corrected chi connectivity index (χ1v) is 10.5. The van der Waals surface area contributed by atoms with Gasteiger partial charge < -0.3 is 10.1 Å². The van der Waals surface area contributed by atoms with Crippen molar-refractivity contribution in [3.05, 3.63) is 52.3 Å². The van der Waals surface area contributed by atoms with Crippen molar-refractivity contribution in [1.82, 2.24) is 20.0 Å². The number of carbonyl (C=O) groups is 1. The van der Waals surface area contributed by atoms with Crippen LogP contribution < -0.4 is 5.32 Å². The largest absolute Gasteiger partial charge is 0.379 e. The van der Waals surface area contributed by atoms with Gasteiger partial charge in [0.2, 0.25) is 0 Å². The highest BCUT2D eigenvalue weighted by molar-refractivity contribution is 5.92. The molecule has 9 nitrogen and oxygen atoms in total. The van der Waals surface area contributed by atoms with E-state index in [1.165, 1.54) is 36.1 Å². The molecule has 1 amide bonds. The van der Waals surface area contributed by atoms with Gasteiger partial charge in [-0.2, -0.15) is 5.10 Å². The van der Waals surface area contributed by atoms with Gasteiger partial charge in [0, 0.05) is 43.5 Å². The van der Waals surface area contributed by atoms with Gasteiger partial charge in [-0.25, -0.2) is 4.68 Å². The molecule has 0 atom stereocenters. The molecule has 2 aliphatic rings. The SMILES string of the molecule is O=C(NCC1(N2CCOCC2)CCCCC1)c1ccn(-c2cccc([N+](=O)[O-])c2)n1. The van der Waals surface area contributed by atoms with Crippen LogP contribution in [-0.4, -0.2) is 63.9 Å². The number of ether oxygens (including phenoxy) is 1. The fraction of sp³-hybridized carbons (Fsp3) is 0.524. The molecule has 160 valence electrons. The molecule has 0 bridgehead atoms. The molecule has 2 heterocycles. The third kappa shape index (κ3) is 4.36. The van der Waals surface area contributed by atoms with Gasteiger partial charge in [0.05, 0.1) is 23.8 Å². The highest BCUT2D eigenvalue weighted by Gasteiger charge is 2.39. The Balaban J connectivity index is 1.45. The Kier molecular flexibility index (Phi) is 6.10. The number of rotatable bonds is 6. The molecule has 1 aliphatic carbocycles. The number of amides is 1. The summed E-state index contributed by atoms with van der Waals surface area (Å²) >= 11 is 0. The van der Waals surface area contributed by atoms with Crippen LogP contribution in [0.5, 0.6) is 0 Å². The number of nitro groups is 1. The molecule has 1 aromatic heterocycles. The van der Waals surface area contributed by atoms with Crippen LogP contribution in [0.3, 0.4) is 0 Å². The molecule has 2 fully saturated rings. The first kappa shape index (κ1) is 20.5. The van der Waals surface area contributed by atoms with Crippen molar-refractivity contribution in [2.24, 2.45) is 0 Å². The predicted octanol–water partition coefficient (Wildman–Crippen LogP) is 2.55. The number of aromatic nitrogens is 2. The van der Waals surface area contributed by atoms with Gasteiger partial charge in [-0.3, -0.25) is 19.8 Å². The Morgan fingerprint density at radius 2 is 1.97 bits per heavy atom. The molecule has 30 heavy (non-hydrogen) atoms. The van der Waals surface area contributed by atoms with E-state index in [1.807, 2.05) is 0 Å². The van der Waals surface area contributed by atoms with Crippen LogP contribution in [0.25, 0.3) is 5.69 Å². The summed E-state index contributed by atoms with van der Waals surface area (Å²) in [6.07, 6.45) is 7.40. The topological polar surface area (TPSA) is 103 Å². The van der Waals surface area contributed by atoms with Crippen molar-refractivity contribution < 1.29 is 14.5 Å². The van der Waals surface area contributed by atoms with Crippen molar-refractivity contribution >= 4 is 11.6 Å². The Bertz CT molecular complexity index is 900. The number of non-ortho nitro benzene ring substituents is 1. The zero-order chi connectivity index (χ0) is 21.0. The summed E-state index contributed by atoms with van der Waals surface area (Å²) < 4.78 is 7.00. The normalized spacial score (nSPS) is 19.3. The van der Waals surface area contributed by atoms with E-state index in [9.17, 15) is 14.9 Å². The highest BCUT2D eigenvalue weighted by atomic mass is 16.6. The van der Waals surface area contributed by atoms with Crippen LogP contribution in [0.15, 0.2) is 36.5 Å². The minimum Gasteiger partial charge on any atom is -0.379 e. The predicted molar refractivity (Wildman–Crippen MR) is 111 cm³/mol.